The van der Waals surface area contributed by atoms with Gasteiger partial charge in [-0.25, -0.2) is 8.78 Å². The highest BCUT2D eigenvalue weighted by molar-refractivity contribution is 7.80. The second-order valence-corrected chi connectivity index (χ2v) is 3.81. The Hall–Kier alpha value is -0.0500. The van der Waals surface area contributed by atoms with E-state index in [1.165, 1.54) is 19.3 Å². The van der Waals surface area contributed by atoms with Crippen LogP contribution < -0.4 is 0 Å². The SMILES string of the molecule is CCCCCCCCC(=S)C(F)F. The van der Waals surface area contributed by atoms with E-state index in [0.29, 0.717) is 6.42 Å². The molecule has 78 valence electrons. The van der Waals surface area contributed by atoms with Crippen LogP contribution in [-0.2, 0) is 0 Å². The maximum absolute atomic E-state index is 11.9. The van der Waals surface area contributed by atoms with E-state index < -0.39 is 6.43 Å². The largest absolute Gasteiger partial charge is 0.269 e. The molecule has 3 heteroatoms. The zero-order valence-corrected chi connectivity index (χ0v) is 9.01. The summed E-state index contributed by atoms with van der Waals surface area (Å²) in [4.78, 5) is -0.0736. The summed E-state index contributed by atoms with van der Waals surface area (Å²) in [5, 5.41) is 0. The summed E-state index contributed by atoms with van der Waals surface area (Å²) in [5.41, 5.74) is 0. The van der Waals surface area contributed by atoms with Gasteiger partial charge in [-0.3, -0.25) is 0 Å². The normalized spacial score (nSPS) is 10.8. The molecule has 0 aromatic heterocycles. The average Bonchev–Trinajstić information content (AvgIpc) is 2.10. The number of thiocarbonyl (C=S) groups is 1. The molecule has 0 spiro atoms. The molecule has 0 amide bonds. The summed E-state index contributed by atoms with van der Waals surface area (Å²) in [5.74, 6) is 0. The molecular formula is C10H18F2S. The first-order chi connectivity index (χ1) is 6.18. The smallest absolute Gasteiger partial charge is 0.204 e. The average molecular weight is 208 g/mol. The molecule has 0 saturated heterocycles. The van der Waals surface area contributed by atoms with Gasteiger partial charge in [0, 0.05) is 0 Å². The predicted octanol–water partition coefficient (Wildman–Crippen LogP) is 4.37. The highest BCUT2D eigenvalue weighted by Crippen LogP contribution is 2.10. The van der Waals surface area contributed by atoms with Gasteiger partial charge in [-0.15, -0.1) is 0 Å². The highest BCUT2D eigenvalue weighted by Gasteiger charge is 2.08. The molecule has 0 fully saturated rings. The van der Waals surface area contributed by atoms with Gasteiger partial charge in [0.25, 0.3) is 6.43 Å². The first-order valence-electron chi connectivity index (χ1n) is 4.99. The molecule has 0 aliphatic rings. The third-order valence-electron chi connectivity index (χ3n) is 2.02. The standard InChI is InChI=1S/C10H18F2S/c1-2-3-4-5-6-7-8-9(13)10(11)12/h10H,2-8H2,1H3. The van der Waals surface area contributed by atoms with Gasteiger partial charge >= 0.3 is 0 Å². The fraction of sp³-hybridized carbons (Fsp3) is 0.900. The van der Waals surface area contributed by atoms with Gasteiger partial charge in [-0.2, -0.15) is 0 Å². The fourth-order valence-electron chi connectivity index (χ4n) is 1.19. The number of hydrogen-bond acceptors (Lipinski definition) is 1. The van der Waals surface area contributed by atoms with E-state index in [9.17, 15) is 8.78 Å². The fourth-order valence-corrected chi connectivity index (χ4v) is 1.33. The lowest BCUT2D eigenvalue weighted by atomic mass is 10.1. The van der Waals surface area contributed by atoms with Crippen molar-refractivity contribution in [3.05, 3.63) is 0 Å². The topological polar surface area (TPSA) is 0 Å². The van der Waals surface area contributed by atoms with Gasteiger partial charge in [0.2, 0.25) is 0 Å². The molecule has 0 nitrogen and oxygen atoms in total. The Bertz CT molecular complexity index is 135. The number of alkyl halides is 2. The molecule has 0 radical (unpaired) electrons. The van der Waals surface area contributed by atoms with Gasteiger partial charge < -0.3 is 0 Å². The molecule has 0 aliphatic heterocycles. The van der Waals surface area contributed by atoms with Crippen LogP contribution in [0.3, 0.4) is 0 Å². The molecule has 0 N–H and O–H groups in total. The molecule has 0 bridgehead atoms. The van der Waals surface area contributed by atoms with Crippen LogP contribution in [0.1, 0.15) is 51.9 Å². The number of unbranched alkanes of at least 4 members (excludes halogenated alkanes) is 5. The molecule has 0 aromatic carbocycles. The van der Waals surface area contributed by atoms with Gasteiger partial charge in [-0.1, -0.05) is 51.2 Å². The predicted molar refractivity (Wildman–Crippen MR) is 56.6 cm³/mol. The van der Waals surface area contributed by atoms with Gasteiger partial charge in [-0.05, 0) is 12.8 Å². The van der Waals surface area contributed by atoms with Crippen LogP contribution in [-0.4, -0.2) is 11.3 Å². The minimum absolute atomic E-state index is 0.0736. The van der Waals surface area contributed by atoms with E-state index in [2.05, 4.69) is 19.1 Å². The summed E-state index contributed by atoms with van der Waals surface area (Å²) in [6.45, 7) is 2.16. The third kappa shape index (κ3) is 8.28. The lowest BCUT2D eigenvalue weighted by molar-refractivity contribution is 0.225. The summed E-state index contributed by atoms with van der Waals surface area (Å²) in [6, 6.07) is 0. The van der Waals surface area contributed by atoms with Crippen molar-refractivity contribution in [1.82, 2.24) is 0 Å². The Morgan fingerprint density at radius 1 is 1.08 bits per heavy atom. The maximum atomic E-state index is 11.9. The number of hydrogen-bond donors (Lipinski definition) is 0. The molecule has 0 saturated carbocycles. The third-order valence-corrected chi connectivity index (χ3v) is 2.40. The van der Waals surface area contributed by atoms with Crippen LogP contribution in [0.4, 0.5) is 8.78 Å². The minimum atomic E-state index is -2.40. The van der Waals surface area contributed by atoms with E-state index in [-0.39, 0.29) is 4.86 Å². The quantitative estimate of drug-likeness (QED) is 0.421. The lowest BCUT2D eigenvalue weighted by Crippen LogP contribution is -2.06. The monoisotopic (exact) mass is 208 g/mol. The Morgan fingerprint density at radius 3 is 2.15 bits per heavy atom. The van der Waals surface area contributed by atoms with Crippen molar-refractivity contribution in [2.75, 3.05) is 0 Å². The first kappa shape index (κ1) is 12.9. The van der Waals surface area contributed by atoms with E-state index in [4.69, 9.17) is 0 Å². The molecule has 13 heavy (non-hydrogen) atoms. The van der Waals surface area contributed by atoms with E-state index in [1.807, 2.05) is 0 Å². The summed E-state index contributed by atoms with van der Waals surface area (Å²) in [7, 11) is 0. The summed E-state index contributed by atoms with van der Waals surface area (Å²) in [6.07, 6.45) is 4.72. The molecule has 0 rings (SSSR count). The van der Waals surface area contributed by atoms with E-state index >= 15 is 0 Å². The molecule has 0 aliphatic carbocycles. The molecule has 0 atom stereocenters. The van der Waals surface area contributed by atoms with Crippen molar-refractivity contribution in [3.63, 3.8) is 0 Å². The highest BCUT2D eigenvalue weighted by atomic mass is 32.1. The zero-order chi connectivity index (χ0) is 10.1. The van der Waals surface area contributed by atoms with Crippen molar-refractivity contribution < 1.29 is 8.78 Å². The zero-order valence-electron chi connectivity index (χ0n) is 8.19. The summed E-state index contributed by atoms with van der Waals surface area (Å²) < 4.78 is 23.8. The molecule has 0 unspecified atom stereocenters. The Balaban J connectivity index is 3.12. The Morgan fingerprint density at radius 2 is 1.62 bits per heavy atom. The number of rotatable bonds is 8. The van der Waals surface area contributed by atoms with Crippen molar-refractivity contribution in [3.8, 4) is 0 Å². The van der Waals surface area contributed by atoms with Crippen molar-refractivity contribution in [1.29, 1.82) is 0 Å². The second-order valence-electron chi connectivity index (χ2n) is 3.28. The Kier molecular flexibility index (Phi) is 8.51. The van der Waals surface area contributed by atoms with Crippen LogP contribution in [0.25, 0.3) is 0 Å². The molecule has 0 heterocycles. The number of halogens is 2. The Labute approximate surface area is 84.7 Å². The van der Waals surface area contributed by atoms with Gasteiger partial charge in [0.15, 0.2) is 0 Å². The maximum Gasteiger partial charge on any atom is 0.269 e. The summed E-state index contributed by atoms with van der Waals surface area (Å²) >= 11 is 4.53. The van der Waals surface area contributed by atoms with Gasteiger partial charge in [0.1, 0.15) is 0 Å². The van der Waals surface area contributed by atoms with Crippen molar-refractivity contribution in [2.45, 2.75) is 58.3 Å². The van der Waals surface area contributed by atoms with Crippen molar-refractivity contribution >= 4 is 17.1 Å². The minimum Gasteiger partial charge on any atom is -0.204 e. The molecule has 0 aromatic rings. The van der Waals surface area contributed by atoms with Gasteiger partial charge in [0.05, 0.1) is 4.86 Å². The van der Waals surface area contributed by atoms with Crippen LogP contribution in [0.15, 0.2) is 0 Å². The van der Waals surface area contributed by atoms with Crippen molar-refractivity contribution in [2.24, 2.45) is 0 Å². The molecular weight excluding hydrogens is 190 g/mol. The van der Waals surface area contributed by atoms with Crippen LogP contribution in [0.2, 0.25) is 0 Å². The second kappa shape index (κ2) is 8.54. The van der Waals surface area contributed by atoms with E-state index in [1.54, 1.807) is 0 Å². The van der Waals surface area contributed by atoms with Crippen LogP contribution in [0.5, 0.6) is 0 Å². The lowest BCUT2D eigenvalue weighted by Gasteiger charge is -2.02. The first-order valence-corrected chi connectivity index (χ1v) is 5.40. The van der Waals surface area contributed by atoms with Crippen LogP contribution in [0, 0.1) is 0 Å². The van der Waals surface area contributed by atoms with E-state index in [0.717, 1.165) is 19.3 Å². The van der Waals surface area contributed by atoms with Crippen LogP contribution >= 0.6 is 12.2 Å².